The minimum atomic E-state index is -0.463. The third-order valence-electron chi connectivity index (χ3n) is 5.68. The van der Waals surface area contributed by atoms with E-state index in [1.807, 2.05) is 66.7 Å². The monoisotopic (exact) mass is 458 g/mol. The van der Waals surface area contributed by atoms with Crippen molar-refractivity contribution in [3.05, 3.63) is 78.6 Å². The van der Waals surface area contributed by atoms with Gasteiger partial charge in [-0.1, -0.05) is 41.7 Å². The quantitative estimate of drug-likeness (QED) is 0.431. The highest BCUT2D eigenvalue weighted by atomic mass is 32.1. The van der Waals surface area contributed by atoms with Gasteiger partial charge in [0, 0.05) is 24.8 Å². The fourth-order valence-electron chi connectivity index (χ4n) is 4.04. The molecule has 2 aromatic carbocycles. The zero-order valence-corrected chi connectivity index (χ0v) is 18.9. The van der Waals surface area contributed by atoms with E-state index in [2.05, 4.69) is 4.98 Å². The van der Waals surface area contributed by atoms with Crippen LogP contribution in [0.15, 0.2) is 72.9 Å². The van der Waals surface area contributed by atoms with Crippen molar-refractivity contribution in [1.29, 1.82) is 0 Å². The van der Waals surface area contributed by atoms with E-state index in [4.69, 9.17) is 9.72 Å². The average Bonchev–Trinajstić information content (AvgIpc) is 3.47. The Kier molecular flexibility index (Phi) is 5.75. The molecule has 1 atom stereocenters. The Bertz CT molecular complexity index is 1290. The number of anilines is 2. The molecule has 33 heavy (non-hydrogen) atoms. The molecular weight excluding hydrogens is 436 g/mol. The zero-order valence-electron chi connectivity index (χ0n) is 18.0. The number of pyridine rings is 1. The number of methoxy groups -OCH3 is 1. The molecular formula is C25H22N4O3S. The van der Waals surface area contributed by atoms with Gasteiger partial charge in [0.15, 0.2) is 5.13 Å². The Hall–Kier alpha value is -3.78. The van der Waals surface area contributed by atoms with Crippen LogP contribution < -0.4 is 14.5 Å². The molecule has 0 N–H and O–H groups in total. The molecule has 0 spiro atoms. The first kappa shape index (κ1) is 21.1. The van der Waals surface area contributed by atoms with Crippen LogP contribution in [0.5, 0.6) is 5.75 Å². The number of amides is 2. The van der Waals surface area contributed by atoms with Crippen LogP contribution in [0.2, 0.25) is 0 Å². The fourth-order valence-corrected chi connectivity index (χ4v) is 5.02. The minimum Gasteiger partial charge on any atom is -0.494 e. The van der Waals surface area contributed by atoms with Crippen molar-refractivity contribution in [3.8, 4) is 5.75 Å². The number of benzene rings is 2. The number of para-hydroxylation sites is 2. The summed E-state index contributed by atoms with van der Waals surface area (Å²) >= 11 is 1.43. The van der Waals surface area contributed by atoms with E-state index in [0.717, 1.165) is 16.1 Å². The third-order valence-corrected chi connectivity index (χ3v) is 6.72. The number of hydrogen-bond acceptors (Lipinski definition) is 6. The minimum absolute atomic E-state index is 0.0525. The second-order valence-electron chi connectivity index (χ2n) is 7.79. The highest BCUT2D eigenvalue weighted by Gasteiger charge is 2.38. The summed E-state index contributed by atoms with van der Waals surface area (Å²) in [5.41, 5.74) is 2.27. The predicted octanol–water partition coefficient (Wildman–Crippen LogP) is 4.29. The van der Waals surface area contributed by atoms with E-state index in [1.54, 1.807) is 23.1 Å². The van der Waals surface area contributed by atoms with Crippen LogP contribution in [0.25, 0.3) is 10.2 Å². The summed E-state index contributed by atoms with van der Waals surface area (Å²) < 4.78 is 6.38. The van der Waals surface area contributed by atoms with Crippen LogP contribution in [0.1, 0.15) is 12.1 Å². The molecule has 1 saturated heterocycles. The number of nitrogens with zero attached hydrogens (tertiary/aromatic N) is 4. The summed E-state index contributed by atoms with van der Waals surface area (Å²) in [5.74, 6) is 0.00983. The second kappa shape index (κ2) is 8.99. The van der Waals surface area contributed by atoms with E-state index >= 15 is 0 Å². The van der Waals surface area contributed by atoms with Gasteiger partial charge in [-0.2, -0.15) is 0 Å². The lowest BCUT2D eigenvalue weighted by Crippen LogP contribution is -2.37. The van der Waals surface area contributed by atoms with E-state index in [1.165, 1.54) is 11.3 Å². The maximum atomic E-state index is 13.8. The highest BCUT2D eigenvalue weighted by molar-refractivity contribution is 7.22. The predicted molar refractivity (Wildman–Crippen MR) is 129 cm³/mol. The van der Waals surface area contributed by atoms with Crippen LogP contribution in [0.4, 0.5) is 10.8 Å². The molecule has 0 saturated carbocycles. The molecule has 2 aromatic heterocycles. The van der Waals surface area contributed by atoms with Crippen molar-refractivity contribution in [2.45, 2.75) is 13.0 Å². The summed E-state index contributed by atoms with van der Waals surface area (Å²) in [6.07, 6.45) is 1.87. The third kappa shape index (κ3) is 4.17. The standard InChI is InChI=1S/C25H22N4O3S/c1-32-20-11-7-12-21-23(20)27-25(33-21)29(16-18-8-5-6-13-26-18)24(31)17-14-22(30)28(15-17)19-9-3-2-4-10-19/h2-13,17H,14-16H2,1H3. The summed E-state index contributed by atoms with van der Waals surface area (Å²) in [6, 6.07) is 20.8. The van der Waals surface area contributed by atoms with Crippen LogP contribution in [-0.4, -0.2) is 35.4 Å². The topological polar surface area (TPSA) is 75.6 Å². The number of hydrogen-bond donors (Lipinski definition) is 0. The van der Waals surface area contributed by atoms with Crippen molar-refractivity contribution in [2.24, 2.45) is 5.92 Å². The van der Waals surface area contributed by atoms with Gasteiger partial charge in [-0.15, -0.1) is 0 Å². The molecule has 1 unspecified atom stereocenters. The maximum absolute atomic E-state index is 13.8. The Morgan fingerprint density at radius 3 is 2.70 bits per heavy atom. The largest absolute Gasteiger partial charge is 0.494 e. The van der Waals surface area contributed by atoms with Gasteiger partial charge in [0.1, 0.15) is 11.3 Å². The number of thiazole rings is 1. The summed E-state index contributed by atoms with van der Waals surface area (Å²) in [7, 11) is 1.60. The molecule has 1 aliphatic heterocycles. The van der Waals surface area contributed by atoms with Gasteiger partial charge in [-0.05, 0) is 36.4 Å². The smallest absolute Gasteiger partial charge is 0.234 e. The van der Waals surface area contributed by atoms with Crippen LogP contribution in [-0.2, 0) is 16.1 Å². The Morgan fingerprint density at radius 2 is 1.94 bits per heavy atom. The fraction of sp³-hybridized carbons (Fsp3) is 0.200. The first-order valence-electron chi connectivity index (χ1n) is 10.6. The van der Waals surface area contributed by atoms with Crippen molar-refractivity contribution < 1.29 is 14.3 Å². The number of ether oxygens (including phenoxy) is 1. The normalized spacial score (nSPS) is 15.7. The molecule has 4 aromatic rings. The molecule has 1 aliphatic rings. The summed E-state index contributed by atoms with van der Waals surface area (Å²) in [5, 5.41) is 0.566. The molecule has 5 rings (SSSR count). The van der Waals surface area contributed by atoms with E-state index in [9.17, 15) is 9.59 Å². The molecule has 8 heteroatoms. The lowest BCUT2D eigenvalue weighted by molar-refractivity contribution is -0.124. The van der Waals surface area contributed by atoms with Crippen LogP contribution >= 0.6 is 11.3 Å². The van der Waals surface area contributed by atoms with Gasteiger partial charge >= 0.3 is 0 Å². The van der Waals surface area contributed by atoms with Crippen LogP contribution in [0.3, 0.4) is 0 Å². The molecule has 3 heterocycles. The molecule has 0 aliphatic carbocycles. The second-order valence-corrected chi connectivity index (χ2v) is 8.80. The number of aromatic nitrogens is 2. The lowest BCUT2D eigenvalue weighted by atomic mass is 10.1. The van der Waals surface area contributed by atoms with Gasteiger partial charge in [-0.25, -0.2) is 4.98 Å². The Morgan fingerprint density at radius 1 is 1.12 bits per heavy atom. The van der Waals surface area contributed by atoms with E-state index < -0.39 is 5.92 Å². The van der Waals surface area contributed by atoms with E-state index in [-0.39, 0.29) is 24.8 Å². The number of carbonyl (C=O) groups is 2. The molecule has 2 amide bonds. The lowest BCUT2D eigenvalue weighted by Gasteiger charge is -2.23. The van der Waals surface area contributed by atoms with Crippen LogP contribution in [0, 0.1) is 5.92 Å². The molecule has 0 radical (unpaired) electrons. The van der Waals surface area contributed by atoms with Crippen molar-refractivity contribution in [2.75, 3.05) is 23.5 Å². The van der Waals surface area contributed by atoms with Gasteiger partial charge < -0.3 is 9.64 Å². The average molecular weight is 459 g/mol. The highest BCUT2D eigenvalue weighted by Crippen LogP contribution is 2.36. The zero-order chi connectivity index (χ0) is 22.8. The first-order valence-corrected chi connectivity index (χ1v) is 11.5. The Balaban J connectivity index is 1.48. The number of carbonyl (C=O) groups excluding carboxylic acids is 2. The van der Waals surface area contributed by atoms with Gasteiger partial charge in [-0.3, -0.25) is 19.5 Å². The first-order chi connectivity index (χ1) is 16.1. The molecule has 7 nitrogen and oxygen atoms in total. The molecule has 166 valence electrons. The molecule has 1 fully saturated rings. The van der Waals surface area contributed by atoms with E-state index in [0.29, 0.717) is 22.9 Å². The summed E-state index contributed by atoms with van der Waals surface area (Å²) in [4.78, 5) is 39.0. The van der Waals surface area contributed by atoms with Gasteiger partial charge in [0.05, 0.1) is 30.0 Å². The molecule has 0 bridgehead atoms. The maximum Gasteiger partial charge on any atom is 0.234 e. The van der Waals surface area contributed by atoms with Crippen molar-refractivity contribution in [3.63, 3.8) is 0 Å². The van der Waals surface area contributed by atoms with Gasteiger partial charge in [0.25, 0.3) is 0 Å². The van der Waals surface area contributed by atoms with Crippen molar-refractivity contribution in [1.82, 2.24) is 9.97 Å². The summed E-state index contributed by atoms with van der Waals surface area (Å²) in [6.45, 7) is 0.618. The van der Waals surface area contributed by atoms with Gasteiger partial charge in [0.2, 0.25) is 11.8 Å². The van der Waals surface area contributed by atoms with Crippen molar-refractivity contribution >= 4 is 44.2 Å². The number of fused-ring (bicyclic) bond motifs is 1. The number of rotatable bonds is 6. The Labute approximate surface area is 195 Å². The SMILES string of the molecule is COc1cccc2sc(N(Cc3ccccn3)C(=O)C3CC(=O)N(c4ccccc4)C3)nc12.